The molecule has 0 spiro atoms. The van der Waals surface area contributed by atoms with Crippen LogP contribution in [-0.2, 0) is 10.0 Å². The first-order valence-corrected chi connectivity index (χ1v) is 7.72. The predicted octanol–water partition coefficient (Wildman–Crippen LogP) is 2.70. The molecule has 18 heavy (non-hydrogen) atoms. The highest BCUT2D eigenvalue weighted by molar-refractivity contribution is 7.89. The van der Waals surface area contributed by atoms with Gasteiger partial charge in [0, 0.05) is 16.8 Å². The molecular formula is C12H19ClN2O2S. The van der Waals surface area contributed by atoms with Crippen molar-refractivity contribution >= 4 is 27.3 Å². The van der Waals surface area contributed by atoms with E-state index in [1.165, 1.54) is 6.07 Å². The number of benzene rings is 1. The smallest absolute Gasteiger partial charge is 0.241 e. The maximum Gasteiger partial charge on any atom is 0.241 e. The highest BCUT2D eigenvalue weighted by Gasteiger charge is 2.21. The number of hydrogen-bond donors (Lipinski definition) is 2. The number of halogens is 1. The van der Waals surface area contributed by atoms with Crippen molar-refractivity contribution in [1.29, 1.82) is 0 Å². The van der Waals surface area contributed by atoms with Gasteiger partial charge in [0.05, 0.1) is 4.90 Å². The normalized spacial score (nSPS) is 13.6. The Morgan fingerprint density at radius 2 is 2.06 bits per heavy atom. The molecule has 1 atom stereocenters. The summed E-state index contributed by atoms with van der Waals surface area (Å²) in [7, 11) is -3.57. The summed E-state index contributed by atoms with van der Waals surface area (Å²) in [6.45, 7) is 5.52. The van der Waals surface area contributed by atoms with Gasteiger partial charge in [0.1, 0.15) is 0 Å². The van der Waals surface area contributed by atoms with Crippen molar-refractivity contribution in [2.75, 3.05) is 5.73 Å². The molecule has 0 amide bonds. The van der Waals surface area contributed by atoms with E-state index >= 15 is 0 Å². The van der Waals surface area contributed by atoms with E-state index in [4.69, 9.17) is 17.3 Å². The van der Waals surface area contributed by atoms with Gasteiger partial charge in [-0.15, -0.1) is 0 Å². The molecule has 0 saturated heterocycles. The lowest BCUT2D eigenvalue weighted by Crippen LogP contribution is -2.33. The second-order valence-electron chi connectivity index (χ2n) is 4.43. The number of hydrogen-bond acceptors (Lipinski definition) is 3. The van der Waals surface area contributed by atoms with Gasteiger partial charge in [0.2, 0.25) is 10.0 Å². The second kappa shape index (κ2) is 5.91. The van der Waals surface area contributed by atoms with Crippen LogP contribution in [-0.4, -0.2) is 14.5 Å². The average Bonchev–Trinajstić information content (AvgIpc) is 2.22. The summed E-state index contributed by atoms with van der Waals surface area (Å²) < 4.78 is 27.1. The number of sulfonamides is 1. The van der Waals surface area contributed by atoms with Crippen LogP contribution in [0.1, 0.15) is 32.3 Å². The minimum absolute atomic E-state index is 0.111. The molecule has 0 aliphatic heterocycles. The molecule has 0 fully saturated rings. The summed E-state index contributed by atoms with van der Waals surface area (Å²) in [5.74, 6) is 0. The van der Waals surface area contributed by atoms with Crippen LogP contribution in [0.2, 0.25) is 5.02 Å². The Bertz CT molecular complexity index is 529. The molecule has 0 aliphatic carbocycles. The van der Waals surface area contributed by atoms with Gasteiger partial charge in [0.15, 0.2) is 0 Å². The van der Waals surface area contributed by atoms with Gasteiger partial charge in [-0.2, -0.15) is 0 Å². The van der Waals surface area contributed by atoms with E-state index in [9.17, 15) is 8.42 Å². The number of nitrogens with two attached hydrogens (primary N) is 1. The Hall–Kier alpha value is -0.780. The van der Waals surface area contributed by atoms with Gasteiger partial charge in [0.25, 0.3) is 0 Å². The highest BCUT2D eigenvalue weighted by Crippen LogP contribution is 2.26. The lowest BCUT2D eigenvalue weighted by atomic mass is 10.2. The van der Waals surface area contributed by atoms with Crippen molar-refractivity contribution in [1.82, 2.24) is 4.72 Å². The summed E-state index contributed by atoms with van der Waals surface area (Å²) in [5.41, 5.74) is 6.64. The fraction of sp³-hybridized carbons (Fsp3) is 0.500. The monoisotopic (exact) mass is 290 g/mol. The minimum atomic E-state index is -3.57. The van der Waals surface area contributed by atoms with Gasteiger partial charge < -0.3 is 5.73 Å². The van der Waals surface area contributed by atoms with E-state index in [1.807, 2.05) is 13.8 Å². The van der Waals surface area contributed by atoms with Crippen molar-refractivity contribution in [2.45, 2.75) is 44.6 Å². The van der Waals surface area contributed by atoms with Crippen LogP contribution in [0.15, 0.2) is 17.0 Å². The molecule has 1 aromatic rings. The summed E-state index contributed by atoms with van der Waals surface area (Å²) >= 11 is 5.85. The molecule has 1 unspecified atom stereocenters. The Balaban J connectivity index is 3.13. The van der Waals surface area contributed by atoms with Crippen LogP contribution in [0.25, 0.3) is 0 Å². The Morgan fingerprint density at radius 1 is 1.44 bits per heavy atom. The zero-order valence-electron chi connectivity index (χ0n) is 10.8. The van der Waals surface area contributed by atoms with E-state index in [1.54, 1.807) is 13.0 Å². The zero-order chi connectivity index (χ0) is 13.9. The molecular weight excluding hydrogens is 272 g/mol. The quantitative estimate of drug-likeness (QED) is 0.819. The van der Waals surface area contributed by atoms with Crippen molar-refractivity contribution < 1.29 is 8.42 Å². The Morgan fingerprint density at radius 3 is 2.61 bits per heavy atom. The SMILES string of the molecule is CCCC(C)NS(=O)(=O)c1cc(Cl)cc(N)c1C. The Kier molecular flexibility index (Phi) is 5.01. The standard InChI is InChI=1S/C12H19ClN2O2S/c1-4-5-8(2)15-18(16,17)12-7-10(13)6-11(14)9(12)3/h6-8,15H,4-5,14H2,1-3H3. The molecule has 3 N–H and O–H groups in total. The lowest BCUT2D eigenvalue weighted by Gasteiger charge is -2.15. The van der Waals surface area contributed by atoms with Gasteiger partial charge in [-0.3, -0.25) is 0 Å². The molecule has 4 nitrogen and oxygen atoms in total. The van der Waals surface area contributed by atoms with Crippen LogP contribution < -0.4 is 10.5 Å². The van der Waals surface area contributed by atoms with Gasteiger partial charge >= 0.3 is 0 Å². The third-order valence-corrected chi connectivity index (χ3v) is 4.67. The predicted molar refractivity (Wildman–Crippen MR) is 75.3 cm³/mol. The zero-order valence-corrected chi connectivity index (χ0v) is 12.4. The molecule has 1 aromatic carbocycles. The lowest BCUT2D eigenvalue weighted by molar-refractivity contribution is 0.543. The molecule has 0 heterocycles. The fourth-order valence-corrected chi connectivity index (χ4v) is 3.64. The largest absolute Gasteiger partial charge is 0.398 e. The first kappa shape index (κ1) is 15.3. The van der Waals surface area contributed by atoms with E-state index in [0.717, 1.165) is 12.8 Å². The number of nitrogens with one attached hydrogen (secondary N) is 1. The van der Waals surface area contributed by atoms with E-state index in [2.05, 4.69) is 4.72 Å². The topological polar surface area (TPSA) is 72.2 Å². The third-order valence-electron chi connectivity index (χ3n) is 2.73. The van der Waals surface area contributed by atoms with Crippen LogP contribution >= 0.6 is 11.6 Å². The van der Waals surface area contributed by atoms with Gasteiger partial charge in [-0.1, -0.05) is 24.9 Å². The summed E-state index contributed by atoms with van der Waals surface area (Å²) in [6.07, 6.45) is 1.70. The minimum Gasteiger partial charge on any atom is -0.398 e. The van der Waals surface area contributed by atoms with Crippen molar-refractivity contribution in [3.8, 4) is 0 Å². The summed E-state index contributed by atoms with van der Waals surface area (Å²) in [6, 6.07) is 2.86. The third kappa shape index (κ3) is 3.60. The number of rotatable bonds is 5. The van der Waals surface area contributed by atoms with Crippen LogP contribution in [0.5, 0.6) is 0 Å². The molecule has 0 saturated carbocycles. The first-order chi connectivity index (χ1) is 8.27. The average molecular weight is 291 g/mol. The molecule has 6 heteroatoms. The maximum absolute atomic E-state index is 12.2. The van der Waals surface area contributed by atoms with Crippen LogP contribution in [0, 0.1) is 6.92 Å². The van der Waals surface area contributed by atoms with Crippen LogP contribution in [0.3, 0.4) is 0 Å². The molecule has 0 aromatic heterocycles. The number of nitrogen functional groups attached to an aromatic ring is 1. The van der Waals surface area contributed by atoms with Crippen LogP contribution in [0.4, 0.5) is 5.69 Å². The fourth-order valence-electron chi connectivity index (χ4n) is 1.77. The maximum atomic E-state index is 12.2. The van der Waals surface area contributed by atoms with Crippen molar-refractivity contribution in [2.24, 2.45) is 0 Å². The van der Waals surface area contributed by atoms with Crippen molar-refractivity contribution in [3.05, 3.63) is 22.7 Å². The summed E-state index contributed by atoms with van der Waals surface area (Å²) in [5, 5.41) is 0.321. The summed E-state index contributed by atoms with van der Waals surface area (Å²) in [4.78, 5) is 0.149. The van der Waals surface area contributed by atoms with Gasteiger partial charge in [-0.25, -0.2) is 13.1 Å². The molecule has 1 rings (SSSR count). The van der Waals surface area contributed by atoms with E-state index in [0.29, 0.717) is 16.3 Å². The molecule has 0 radical (unpaired) electrons. The molecule has 0 bridgehead atoms. The van der Waals surface area contributed by atoms with Gasteiger partial charge in [-0.05, 0) is 38.0 Å². The van der Waals surface area contributed by atoms with Crippen molar-refractivity contribution in [3.63, 3.8) is 0 Å². The number of anilines is 1. The second-order valence-corrected chi connectivity index (χ2v) is 6.55. The van der Waals surface area contributed by atoms with E-state index < -0.39 is 10.0 Å². The highest BCUT2D eigenvalue weighted by atomic mass is 35.5. The van der Waals surface area contributed by atoms with E-state index in [-0.39, 0.29) is 10.9 Å². The Labute approximate surface area is 114 Å². The molecule has 102 valence electrons. The first-order valence-electron chi connectivity index (χ1n) is 5.86. The molecule has 0 aliphatic rings.